The van der Waals surface area contributed by atoms with Gasteiger partial charge in [0.2, 0.25) is 5.91 Å². The number of amides is 1. The molecule has 2 aromatic rings. The fraction of sp³-hybridized carbons (Fsp3) is 0.421. The smallest absolute Gasteiger partial charge is 0.330 e. The van der Waals surface area contributed by atoms with E-state index in [2.05, 4.69) is 22.4 Å². The zero-order valence-corrected chi connectivity index (χ0v) is 15.8. The van der Waals surface area contributed by atoms with Gasteiger partial charge in [0, 0.05) is 36.3 Å². The lowest BCUT2D eigenvalue weighted by Gasteiger charge is -2.26. The van der Waals surface area contributed by atoms with Gasteiger partial charge < -0.3 is 10.2 Å². The fourth-order valence-electron chi connectivity index (χ4n) is 3.59. The largest absolute Gasteiger partial charge is 0.342 e. The molecule has 1 aromatic heterocycles. The van der Waals surface area contributed by atoms with Crippen molar-refractivity contribution in [3.63, 3.8) is 0 Å². The third-order valence-electron chi connectivity index (χ3n) is 5.06. The lowest BCUT2D eigenvalue weighted by molar-refractivity contribution is -0.131. The van der Waals surface area contributed by atoms with Crippen LogP contribution in [-0.2, 0) is 24.2 Å². The third-order valence-corrected chi connectivity index (χ3v) is 6.00. The second-order valence-corrected chi connectivity index (χ2v) is 8.09. The summed E-state index contributed by atoms with van der Waals surface area (Å²) in [6.45, 7) is 1.10. The third kappa shape index (κ3) is 3.95. The minimum absolute atomic E-state index is 0.192. The van der Waals surface area contributed by atoms with E-state index < -0.39 is 11.2 Å². The van der Waals surface area contributed by atoms with Gasteiger partial charge in [0.1, 0.15) is 12.4 Å². The van der Waals surface area contributed by atoms with Crippen LogP contribution >= 0.6 is 11.8 Å². The number of aryl methyl sites for hydroxylation is 2. The summed E-state index contributed by atoms with van der Waals surface area (Å²) in [6.07, 6.45) is 3.32. The van der Waals surface area contributed by atoms with Crippen molar-refractivity contribution in [1.82, 2.24) is 14.5 Å². The van der Waals surface area contributed by atoms with Gasteiger partial charge in [0.15, 0.2) is 0 Å². The normalized spacial score (nSPS) is 16.2. The standard InChI is InChI=1S/C19H22N4O3S/c24-17-11-16(20-15-5-4-13-2-1-3-14(13)10-15)21-19(26)23(17)12-18(25)22-6-8-27-9-7-22/h4-5,10-11,20H,1-3,6-9,12H2,(H,21,26). The molecule has 27 heavy (non-hydrogen) atoms. The molecule has 0 saturated carbocycles. The van der Waals surface area contributed by atoms with E-state index in [1.165, 1.54) is 17.2 Å². The minimum atomic E-state index is -0.578. The van der Waals surface area contributed by atoms with Gasteiger partial charge in [-0.15, -0.1) is 0 Å². The number of fused-ring (bicyclic) bond motifs is 1. The number of rotatable bonds is 4. The minimum Gasteiger partial charge on any atom is -0.342 e. The Balaban J connectivity index is 1.50. The maximum atomic E-state index is 12.4. The number of hydrogen-bond donors (Lipinski definition) is 2. The van der Waals surface area contributed by atoms with Gasteiger partial charge >= 0.3 is 5.69 Å². The zero-order chi connectivity index (χ0) is 18.8. The molecule has 2 heterocycles. The molecule has 142 valence electrons. The molecule has 1 aliphatic heterocycles. The average Bonchev–Trinajstić information content (AvgIpc) is 3.13. The molecule has 1 saturated heterocycles. The van der Waals surface area contributed by atoms with E-state index in [0.29, 0.717) is 18.9 Å². The lowest BCUT2D eigenvalue weighted by atomic mass is 10.1. The molecule has 0 bridgehead atoms. The first-order valence-corrected chi connectivity index (χ1v) is 10.3. The van der Waals surface area contributed by atoms with Gasteiger partial charge in [0.25, 0.3) is 5.56 Å². The van der Waals surface area contributed by atoms with Gasteiger partial charge in [-0.25, -0.2) is 4.79 Å². The summed E-state index contributed by atoms with van der Waals surface area (Å²) in [5.41, 5.74) is 2.44. The van der Waals surface area contributed by atoms with Gasteiger partial charge in [-0.2, -0.15) is 11.8 Å². The van der Waals surface area contributed by atoms with Gasteiger partial charge in [0.05, 0.1) is 0 Å². The number of carbonyl (C=O) groups excluding carboxylic acids is 1. The van der Waals surface area contributed by atoms with Crippen LogP contribution in [0.5, 0.6) is 0 Å². The van der Waals surface area contributed by atoms with Crippen LogP contribution < -0.4 is 16.6 Å². The van der Waals surface area contributed by atoms with Gasteiger partial charge in [-0.3, -0.25) is 19.1 Å². The van der Waals surface area contributed by atoms with Crippen LogP contribution in [0.25, 0.3) is 0 Å². The van der Waals surface area contributed by atoms with E-state index in [1.807, 2.05) is 6.07 Å². The summed E-state index contributed by atoms with van der Waals surface area (Å²) in [4.78, 5) is 41.4. The van der Waals surface area contributed by atoms with Crippen LogP contribution in [0.3, 0.4) is 0 Å². The number of anilines is 2. The molecule has 8 heteroatoms. The fourth-order valence-corrected chi connectivity index (χ4v) is 4.49. The quantitative estimate of drug-likeness (QED) is 0.828. The molecule has 1 amide bonds. The van der Waals surface area contributed by atoms with E-state index in [0.717, 1.165) is 41.0 Å². The Morgan fingerprint density at radius 3 is 2.67 bits per heavy atom. The molecule has 4 rings (SSSR count). The van der Waals surface area contributed by atoms with E-state index in [9.17, 15) is 14.4 Å². The van der Waals surface area contributed by atoms with E-state index in [1.54, 1.807) is 16.7 Å². The maximum Gasteiger partial charge on any atom is 0.330 e. The number of hydrogen-bond acceptors (Lipinski definition) is 5. The van der Waals surface area contributed by atoms with Crippen LogP contribution in [0.1, 0.15) is 17.5 Å². The van der Waals surface area contributed by atoms with Crippen LogP contribution in [0.15, 0.2) is 33.9 Å². The highest BCUT2D eigenvalue weighted by Gasteiger charge is 2.19. The molecule has 0 spiro atoms. The number of aromatic amines is 1. The summed E-state index contributed by atoms with van der Waals surface area (Å²) in [5.74, 6) is 1.92. The van der Waals surface area contributed by atoms with E-state index >= 15 is 0 Å². The van der Waals surface area contributed by atoms with Crippen LogP contribution in [-0.4, -0.2) is 45.0 Å². The van der Waals surface area contributed by atoms with E-state index in [-0.39, 0.29) is 12.5 Å². The van der Waals surface area contributed by atoms with Gasteiger partial charge in [-0.1, -0.05) is 6.07 Å². The number of nitrogens with one attached hydrogen (secondary N) is 2. The number of benzene rings is 1. The summed E-state index contributed by atoms with van der Waals surface area (Å²) in [6, 6.07) is 7.42. The molecular weight excluding hydrogens is 364 g/mol. The second-order valence-electron chi connectivity index (χ2n) is 6.87. The molecular formula is C19H22N4O3S. The van der Waals surface area contributed by atoms with Crippen LogP contribution in [0.2, 0.25) is 0 Å². The van der Waals surface area contributed by atoms with Crippen molar-refractivity contribution in [2.45, 2.75) is 25.8 Å². The molecule has 0 radical (unpaired) electrons. The first-order valence-electron chi connectivity index (χ1n) is 9.19. The Hall–Kier alpha value is -2.48. The van der Waals surface area contributed by atoms with Crippen LogP contribution in [0, 0.1) is 0 Å². The highest BCUT2D eigenvalue weighted by atomic mass is 32.2. The van der Waals surface area contributed by atoms with Crippen molar-refractivity contribution < 1.29 is 4.79 Å². The first-order chi connectivity index (χ1) is 13.1. The predicted molar refractivity (Wildman–Crippen MR) is 107 cm³/mol. The molecule has 0 atom stereocenters. The molecule has 0 unspecified atom stereocenters. The Labute approximate surface area is 160 Å². The summed E-state index contributed by atoms with van der Waals surface area (Å²) in [7, 11) is 0. The Morgan fingerprint density at radius 2 is 1.89 bits per heavy atom. The van der Waals surface area contributed by atoms with Crippen molar-refractivity contribution in [2.24, 2.45) is 0 Å². The monoisotopic (exact) mass is 386 g/mol. The topological polar surface area (TPSA) is 87.2 Å². The number of H-pyrrole nitrogens is 1. The maximum absolute atomic E-state index is 12.4. The number of aromatic nitrogens is 2. The Morgan fingerprint density at radius 1 is 1.11 bits per heavy atom. The second kappa shape index (κ2) is 7.64. The van der Waals surface area contributed by atoms with Crippen molar-refractivity contribution >= 4 is 29.2 Å². The number of thioether (sulfide) groups is 1. The molecule has 2 N–H and O–H groups in total. The van der Waals surface area contributed by atoms with Crippen molar-refractivity contribution in [3.8, 4) is 0 Å². The van der Waals surface area contributed by atoms with Gasteiger partial charge in [-0.05, 0) is 42.5 Å². The highest BCUT2D eigenvalue weighted by molar-refractivity contribution is 7.99. The average molecular weight is 386 g/mol. The van der Waals surface area contributed by atoms with Crippen molar-refractivity contribution in [2.75, 3.05) is 29.9 Å². The summed E-state index contributed by atoms with van der Waals surface area (Å²) in [5, 5.41) is 3.09. The molecule has 7 nitrogen and oxygen atoms in total. The van der Waals surface area contributed by atoms with Crippen molar-refractivity contribution in [1.29, 1.82) is 0 Å². The zero-order valence-electron chi connectivity index (χ0n) is 15.0. The number of nitrogens with zero attached hydrogens (tertiary/aromatic N) is 2. The Kier molecular flexibility index (Phi) is 5.07. The molecule has 1 aromatic carbocycles. The Bertz CT molecular complexity index is 944. The molecule has 2 aliphatic rings. The van der Waals surface area contributed by atoms with E-state index in [4.69, 9.17) is 0 Å². The molecule has 1 aliphatic carbocycles. The SMILES string of the molecule is O=C(Cn1c(=O)cc(Nc2ccc3c(c2)CCC3)[nH]c1=O)N1CCSCC1. The highest BCUT2D eigenvalue weighted by Crippen LogP contribution is 2.25. The first kappa shape index (κ1) is 17.9. The summed E-state index contributed by atoms with van der Waals surface area (Å²) < 4.78 is 0.956. The van der Waals surface area contributed by atoms with Crippen LogP contribution in [0.4, 0.5) is 11.5 Å². The lowest BCUT2D eigenvalue weighted by Crippen LogP contribution is -2.44. The summed E-state index contributed by atoms with van der Waals surface area (Å²) >= 11 is 1.80. The number of carbonyl (C=O) groups is 1. The predicted octanol–water partition coefficient (Wildman–Crippen LogP) is 1.34. The molecule has 1 fully saturated rings. The van der Waals surface area contributed by atoms with Crippen molar-refractivity contribution in [3.05, 3.63) is 56.2 Å².